The summed E-state index contributed by atoms with van der Waals surface area (Å²) in [5, 5.41) is 14.5. The highest BCUT2D eigenvalue weighted by atomic mass is 79.9. The van der Waals surface area contributed by atoms with Gasteiger partial charge in [0.05, 0.1) is 35.2 Å². The van der Waals surface area contributed by atoms with Crippen LogP contribution in [0, 0.1) is 0 Å². The van der Waals surface area contributed by atoms with Crippen molar-refractivity contribution < 1.29 is 5.11 Å². The van der Waals surface area contributed by atoms with Gasteiger partial charge in [-0.15, -0.1) is 0 Å². The molecule has 0 spiro atoms. The van der Waals surface area contributed by atoms with Gasteiger partial charge in [-0.05, 0) is 58.6 Å². The van der Waals surface area contributed by atoms with Gasteiger partial charge < -0.3 is 15.0 Å². The summed E-state index contributed by atoms with van der Waals surface area (Å²) >= 11 is 5.08. The third-order valence-corrected chi connectivity index (χ3v) is 6.66. The standard InChI is InChI=1S/C20H20BrN5OS/c21-18-8-7-15-19(25-18)26(11-22-15)10-12-5-6-14-17(9-12)28-20(24-14)23-13-3-1-2-4-16(13)27/h5-9,11,13,16,27H,1-4,10H2,(H,23,24)/t13-,16-/m1/s1. The second kappa shape index (κ2) is 7.42. The van der Waals surface area contributed by atoms with E-state index in [9.17, 15) is 5.11 Å². The van der Waals surface area contributed by atoms with Gasteiger partial charge in [-0.2, -0.15) is 0 Å². The third kappa shape index (κ3) is 3.52. The van der Waals surface area contributed by atoms with E-state index in [1.54, 1.807) is 11.3 Å². The second-order valence-electron chi connectivity index (χ2n) is 7.27. The lowest BCUT2D eigenvalue weighted by Crippen LogP contribution is -2.36. The van der Waals surface area contributed by atoms with Crippen LogP contribution in [0.1, 0.15) is 31.2 Å². The normalized spacial score (nSPS) is 20.1. The van der Waals surface area contributed by atoms with E-state index in [-0.39, 0.29) is 12.1 Å². The molecule has 0 radical (unpaired) electrons. The monoisotopic (exact) mass is 457 g/mol. The van der Waals surface area contributed by atoms with Crippen LogP contribution in [0.2, 0.25) is 0 Å². The first-order chi connectivity index (χ1) is 13.7. The number of rotatable bonds is 4. The molecule has 4 aromatic rings. The number of aromatic nitrogens is 4. The molecule has 0 unspecified atom stereocenters. The number of anilines is 1. The van der Waals surface area contributed by atoms with E-state index in [0.29, 0.717) is 6.54 Å². The highest BCUT2D eigenvalue weighted by Crippen LogP contribution is 2.30. The molecule has 0 saturated heterocycles. The van der Waals surface area contributed by atoms with Crippen LogP contribution in [0.15, 0.2) is 41.3 Å². The average molecular weight is 458 g/mol. The molecule has 1 saturated carbocycles. The van der Waals surface area contributed by atoms with Gasteiger partial charge >= 0.3 is 0 Å². The molecule has 0 aliphatic heterocycles. The summed E-state index contributed by atoms with van der Waals surface area (Å²) in [5.74, 6) is 0. The van der Waals surface area contributed by atoms with Crippen molar-refractivity contribution in [2.24, 2.45) is 0 Å². The minimum atomic E-state index is -0.280. The molecule has 1 aromatic carbocycles. The molecule has 2 atom stereocenters. The first-order valence-corrected chi connectivity index (χ1v) is 11.1. The molecule has 5 rings (SSSR count). The van der Waals surface area contributed by atoms with E-state index in [2.05, 4.69) is 54.0 Å². The minimum absolute atomic E-state index is 0.107. The Kier molecular flexibility index (Phi) is 4.78. The van der Waals surface area contributed by atoms with Gasteiger partial charge in [0.2, 0.25) is 0 Å². The van der Waals surface area contributed by atoms with Crippen LogP contribution in [-0.4, -0.2) is 36.8 Å². The van der Waals surface area contributed by atoms with Gasteiger partial charge in [0.1, 0.15) is 10.1 Å². The number of imidazole rings is 1. The van der Waals surface area contributed by atoms with Crippen molar-refractivity contribution in [1.82, 2.24) is 19.5 Å². The number of hydrogen-bond acceptors (Lipinski definition) is 6. The number of aliphatic hydroxyl groups is 1. The number of thiazole rings is 1. The quantitative estimate of drug-likeness (QED) is 0.439. The maximum Gasteiger partial charge on any atom is 0.184 e. The molecule has 3 aromatic heterocycles. The fourth-order valence-corrected chi connectivity index (χ4v) is 5.09. The van der Waals surface area contributed by atoms with Crippen molar-refractivity contribution in [2.45, 2.75) is 44.4 Å². The van der Waals surface area contributed by atoms with Gasteiger partial charge in [-0.25, -0.2) is 15.0 Å². The topological polar surface area (TPSA) is 75.9 Å². The summed E-state index contributed by atoms with van der Waals surface area (Å²) in [6.07, 6.45) is 5.69. The summed E-state index contributed by atoms with van der Waals surface area (Å²) in [6, 6.07) is 10.3. The third-order valence-electron chi connectivity index (χ3n) is 5.27. The number of nitrogens with zero attached hydrogens (tertiary/aromatic N) is 4. The lowest BCUT2D eigenvalue weighted by Gasteiger charge is -2.27. The zero-order chi connectivity index (χ0) is 19.1. The summed E-state index contributed by atoms with van der Waals surface area (Å²) in [5.41, 5.74) is 3.92. The van der Waals surface area contributed by atoms with E-state index in [4.69, 9.17) is 4.98 Å². The van der Waals surface area contributed by atoms with E-state index < -0.39 is 0 Å². The number of benzene rings is 1. The predicted molar refractivity (Wildman–Crippen MR) is 116 cm³/mol. The molecule has 1 aliphatic carbocycles. The average Bonchev–Trinajstić information content (AvgIpc) is 3.27. The Morgan fingerprint density at radius 1 is 1.14 bits per heavy atom. The summed E-state index contributed by atoms with van der Waals surface area (Å²) in [7, 11) is 0. The number of pyridine rings is 1. The molecule has 144 valence electrons. The fraction of sp³-hybridized carbons (Fsp3) is 0.350. The second-order valence-corrected chi connectivity index (χ2v) is 9.12. The number of nitrogens with one attached hydrogen (secondary N) is 1. The van der Waals surface area contributed by atoms with Gasteiger partial charge in [-0.1, -0.05) is 30.2 Å². The number of halogens is 1. The zero-order valence-electron chi connectivity index (χ0n) is 15.2. The maximum absolute atomic E-state index is 10.2. The Bertz CT molecular complexity index is 1140. The first-order valence-electron chi connectivity index (χ1n) is 9.47. The molecular formula is C20H20BrN5OS. The molecule has 0 bridgehead atoms. The van der Waals surface area contributed by atoms with Crippen LogP contribution in [0.25, 0.3) is 21.4 Å². The van der Waals surface area contributed by atoms with Crippen LogP contribution in [0.3, 0.4) is 0 Å². The van der Waals surface area contributed by atoms with Gasteiger partial charge in [-0.3, -0.25) is 0 Å². The Labute approximate surface area is 174 Å². The van der Waals surface area contributed by atoms with Crippen LogP contribution in [-0.2, 0) is 6.54 Å². The first kappa shape index (κ1) is 18.0. The number of hydrogen-bond donors (Lipinski definition) is 2. The van der Waals surface area contributed by atoms with Crippen molar-refractivity contribution in [3.8, 4) is 0 Å². The van der Waals surface area contributed by atoms with E-state index in [1.165, 1.54) is 5.56 Å². The summed E-state index contributed by atoms with van der Waals surface area (Å²) in [4.78, 5) is 13.7. The molecule has 2 N–H and O–H groups in total. The lowest BCUT2D eigenvalue weighted by atomic mass is 9.93. The Hall–Kier alpha value is -2.03. The number of aliphatic hydroxyl groups excluding tert-OH is 1. The SMILES string of the molecule is O[C@@H]1CCCC[C@H]1Nc1nc2ccc(Cn3cnc4ccc(Br)nc43)cc2s1. The van der Waals surface area contributed by atoms with Crippen LogP contribution < -0.4 is 5.32 Å². The van der Waals surface area contributed by atoms with Gasteiger partial charge in [0.15, 0.2) is 10.8 Å². The molecule has 8 heteroatoms. The fourth-order valence-electron chi connectivity index (χ4n) is 3.80. The van der Waals surface area contributed by atoms with Crippen molar-refractivity contribution in [3.63, 3.8) is 0 Å². The molecule has 1 fully saturated rings. The van der Waals surface area contributed by atoms with Crippen molar-refractivity contribution in [2.75, 3.05) is 5.32 Å². The van der Waals surface area contributed by atoms with E-state index in [0.717, 1.165) is 56.8 Å². The molecule has 6 nitrogen and oxygen atoms in total. The largest absolute Gasteiger partial charge is 0.391 e. The molecular weight excluding hydrogens is 438 g/mol. The molecule has 3 heterocycles. The van der Waals surface area contributed by atoms with Gasteiger partial charge in [0, 0.05) is 0 Å². The molecule has 0 amide bonds. The summed E-state index contributed by atoms with van der Waals surface area (Å²) < 4.78 is 4.00. The maximum atomic E-state index is 10.2. The van der Waals surface area contributed by atoms with Crippen molar-refractivity contribution in [1.29, 1.82) is 0 Å². The molecule has 28 heavy (non-hydrogen) atoms. The Balaban J connectivity index is 1.39. The minimum Gasteiger partial charge on any atom is -0.391 e. The van der Waals surface area contributed by atoms with Crippen molar-refractivity contribution in [3.05, 3.63) is 46.8 Å². The predicted octanol–water partition coefficient (Wildman–Crippen LogP) is 4.57. The van der Waals surface area contributed by atoms with Crippen LogP contribution >= 0.6 is 27.3 Å². The number of fused-ring (bicyclic) bond motifs is 2. The zero-order valence-corrected chi connectivity index (χ0v) is 17.6. The van der Waals surface area contributed by atoms with E-state index in [1.807, 2.05) is 18.5 Å². The highest BCUT2D eigenvalue weighted by molar-refractivity contribution is 9.10. The van der Waals surface area contributed by atoms with Gasteiger partial charge in [0.25, 0.3) is 0 Å². The highest BCUT2D eigenvalue weighted by Gasteiger charge is 2.23. The summed E-state index contributed by atoms with van der Waals surface area (Å²) in [6.45, 7) is 0.706. The lowest BCUT2D eigenvalue weighted by molar-refractivity contribution is 0.116. The Morgan fingerprint density at radius 2 is 2.00 bits per heavy atom. The van der Waals surface area contributed by atoms with Crippen molar-refractivity contribution >= 4 is 53.8 Å². The van der Waals surface area contributed by atoms with Crippen LogP contribution in [0.4, 0.5) is 5.13 Å². The smallest absolute Gasteiger partial charge is 0.184 e. The van der Waals surface area contributed by atoms with E-state index >= 15 is 0 Å². The molecule has 1 aliphatic rings. The Morgan fingerprint density at radius 3 is 2.89 bits per heavy atom. The van der Waals surface area contributed by atoms with Crippen LogP contribution in [0.5, 0.6) is 0 Å².